The van der Waals surface area contributed by atoms with Crippen LogP contribution in [0.25, 0.3) is 5.82 Å². The first-order valence-electron chi connectivity index (χ1n) is 5.72. The molecule has 0 aliphatic heterocycles. The Kier molecular flexibility index (Phi) is 4.09. The highest BCUT2D eigenvalue weighted by molar-refractivity contribution is 5.86. The number of nitrogens with one attached hydrogen (secondary N) is 1. The van der Waals surface area contributed by atoms with Gasteiger partial charge >= 0.3 is 6.09 Å². The molecule has 0 radical (unpaired) electrons. The van der Waals surface area contributed by atoms with Gasteiger partial charge in [-0.25, -0.2) is 14.8 Å². The zero-order valence-corrected chi connectivity index (χ0v) is 10.4. The van der Waals surface area contributed by atoms with Crippen LogP contribution in [0.1, 0.15) is 5.82 Å². The Labute approximate surface area is 109 Å². The van der Waals surface area contributed by atoms with E-state index in [-0.39, 0.29) is 13.2 Å². The van der Waals surface area contributed by atoms with Crippen LogP contribution in [0.3, 0.4) is 0 Å². The van der Waals surface area contributed by atoms with Gasteiger partial charge < -0.3 is 9.84 Å². The quantitative estimate of drug-likeness (QED) is 0.861. The van der Waals surface area contributed by atoms with Gasteiger partial charge in [0.25, 0.3) is 0 Å². The molecule has 0 fully saturated rings. The van der Waals surface area contributed by atoms with Crippen molar-refractivity contribution in [2.45, 2.75) is 6.92 Å². The molecule has 0 unspecified atom stereocenters. The van der Waals surface area contributed by atoms with Crippen molar-refractivity contribution in [2.75, 3.05) is 18.5 Å². The number of hydrogen-bond donors (Lipinski definition) is 2. The fraction of sp³-hybridized carbons (Fsp3) is 0.250. The summed E-state index contributed by atoms with van der Waals surface area (Å²) in [7, 11) is 0. The molecule has 1 amide bonds. The highest BCUT2D eigenvalue weighted by Gasteiger charge is 2.11. The van der Waals surface area contributed by atoms with Gasteiger partial charge in [-0.15, -0.1) is 0 Å². The standard InChI is InChI=1S/C12H14N4O3/c1-9-13-5-6-16(9)11-10(3-2-4-14-11)15-12(18)19-8-7-17/h2-6,17H,7-8H2,1H3,(H,15,18). The molecule has 0 bridgehead atoms. The molecule has 0 atom stereocenters. The van der Waals surface area contributed by atoms with Gasteiger partial charge in [-0.2, -0.15) is 0 Å². The molecule has 0 spiro atoms. The minimum Gasteiger partial charge on any atom is -0.447 e. The molecule has 7 nitrogen and oxygen atoms in total. The lowest BCUT2D eigenvalue weighted by Gasteiger charge is -2.11. The van der Waals surface area contributed by atoms with Gasteiger partial charge in [-0.3, -0.25) is 9.88 Å². The summed E-state index contributed by atoms with van der Waals surface area (Å²) >= 11 is 0. The third kappa shape index (κ3) is 3.08. The summed E-state index contributed by atoms with van der Waals surface area (Å²) in [5.41, 5.74) is 0.506. The molecule has 2 N–H and O–H groups in total. The van der Waals surface area contributed by atoms with E-state index in [0.29, 0.717) is 11.5 Å². The summed E-state index contributed by atoms with van der Waals surface area (Å²) in [4.78, 5) is 19.8. The molecular formula is C12H14N4O3. The third-order valence-electron chi connectivity index (χ3n) is 2.40. The first-order valence-corrected chi connectivity index (χ1v) is 5.72. The Morgan fingerprint density at radius 2 is 2.32 bits per heavy atom. The van der Waals surface area contributed by atoms with Crippen LogP contribution in [0.4, 0.5) is 10.5 Å². The summed E-state index contributed by atoms with van der Waals surface area (Å²) < 4.78 is 6.50. The average Bonchev–Trinajstić information content (AvgIpc) is 2.83. The number of aryl methyl sites for hydroxylation is 1. The summed E-state index contributed by atoms with van der Waals surface area (Å²) in [6, 6.07) is 3.42. The maximum absolute atomic E-state index is 11.5. The number of imidazole rings is 1. The Hall–Kier alpha value is -2.41. The van der Waals surface area contributed by atoms with Crippen LogP contribution in [0.15, 0.2) is 30.7 Å². The molecular weight excluding hydrogens is 248 g/mol. The summed E-state index contributed by atoms with van der Waals surface area (Å²) in [5, 5.41) is 11.2. The van der Waals surface area contributed by atoms with Gasteiger partial charge in [0.2, 0.25) is 0 Å². The predicted molar refractivity (Wildman–Crippen MR) is 68.2 cm³/mol. The van der Waals surface area contributed by atoms with E-state index in [1.54, 1.807) is 35.3 Å². The number of rotatable bonds is 4. The number of aliphatic hydroxyl groups excluding tert-OH is 1. The minimum atomic E-state index is -0.638. The van der Waals surface area contributed by atoms with Crippen molar-refractivity contribution in [3.05, 3.63) is 36.5 Å². The molecule has 0 aliphatic carbocycles. The Morgan fingerprint density at radius 3 is 3.00 bits per heavy atom. The molecule has 2 rings (SSSR count). The average molecular weight is 262 g/mol. The van der Waals surface area contributed by atoms with Crippen LogP contribution in [-0.2, 0) is 4.74 Å². The second kappa shape index (κ2) is 5.96. The molecule has 100 valence electrons. The smallest absolute Gasteiger partial charge is 0.411 e. The van der Waals surface area contributed by atoms with E-state index in [2.05, 4.69) is 15.3 Å². The Balaban J connectivity index is 2.22. The first kappa shape index (κ1) is 13.0. The molecule has 0 saturated carbocycles. The molecule has 7 heteroatoms. The minimum absolute atomic E-state index is 0.0501. The summed E-state index contributed by atoms with van der Waals surface area (Å²) in [5.74, 6) is 1.31. The SMILES string of the molecule is Cc1nccn1-c1ncccc1NC(=O)OCCO. The molecule has 2 heterocycles. The molecule has 2 aromatic heterocycles. The van der Waals surface area contributed by atoms with Crippen molar-refractivity contribution in [3.8, 4) is 5.82 Å². The van der Waals surface area contributed by atoms with Crippen molar-refractivity contribution in [1.82, 2.24) is 14.5 Å². The largest absolute Gasteiger partial charge is 0.447 e. The second-order valence-corrected chi connectivity index (χ2v) is 3.70. The fourth-order valence-corrected chi connectivity index (χ4v) is 1.57. The van der Waals surface area contributed by atoms with Crippen LogP contribution < -0.4 is 5.32 Å². The molecule has 19 heavy (non-hydrogen) atoms. The lowest BCUT2D eigenvalue weighted by molar-refractivity contribution is 0.131. The van der Waals surface area contributed by atoms with E-state index >= 15 is 0 Å². The first-order chi connectivity index (χ1) is 9.22. The number of aliphatic hydroxyl groups is 1. The summed E-state index contributed by atoms with van der Waals surface area (Å²) in [6.07, 6.45) is 4.39. The maximum atomic E-state index is 11.5. The topological polar surface area (TPSA) is 89.3 Å². The normalized spacial score (nSPS) is 10.2. The number of amides is 1. The van der Waals surface area contributed by atoms with Crippen LogP contribution >= 0.6 is 0 Å². The van der Waals surface area contributed by atoms with Crippen molar-refractivity contribution in [2.24, 2.45) is 0 Å². The third-order valence-corrected chi connectivity index (χ3v) is 2.40. The summed E-state index contributed by atoms with van der Waals surface area (Å²) in [6.45, 7) is 1.57. The van der Waals surface area contributed by atoms with Crippen LogP contribution in [0, 0.1) is 6.92 Å². The van der Waals surface area contributed by atoms with E-state index in [1.807, 2.05) is 6.92 Å². The van der Waals surface area contributed by atoms with Crippen LogP contribution in [0.5, 0.6) is 0 Å². The van der Waals surface area contributed by atoms with E-state index in [9.17, 15) is 4.79 Å². The number of nitrogens with zero attached hydrogens (tertiary/aromatic N) is 3. The van der Waals surface area contributed by atoms with Crippen LogP contribution in [0.2, 0.25) is 0 Å². The van der Waals surface area contributed by atoms with Crippen molar-refractivity contribution >= 4 is 11.8 Å². The maximum Gasteiger partial charge on any atom is 0.411 e. The number of hydrogen-bond acceptors (Lipinski definition) is 5. The molecule has 2 aromatic rings. The monoisotopic (exact) mass is 262 g/mol. The van der Waals surface area contributed by atoms with Crippen molar-refractivity contribution < 1.29 is 14.6 Å². The number of ether oxygens (including phenoxy) is 1. The fourth-order valence-electron chi connectivity index (χ4n) is 1.57. The Morgan fingerprint density at radius 1 is 1.47 bits per heavy atom. The van der Waals surface area contributed by atoms with E-state index < -0.39 is 6.09 Å². The van der Waals surface area contributed by atoms with Gasteiger partial charge in [-0.1, -0.05) is 0 Å². The highest BCUT2D eigenvalue weighted by atomic mass is 16.6. The van der Waals surface area contributed by atoms with Crippen molar-refractivity contribution in [3.63, 3.8) is 0 Å². The zero-order chi connectivity index (χ0) is 13.7. The van der Waals surface area contributed by atoms with Gasteiger partial charge in [0, 0.05) is 18.6 Å². The van der Waals surface area contributed by atoms with Gasteiger partial charge in [-0.05, 0) is 19.1 Å². The number of carbonyl (C=O) groups is 1. The number of aromatic nitrogens is 3. The second-order valence-electron chi connectivity index (χ2n) is 3.70. The highest BCUT2D eigenvalue weighted by Crippen LogP contribution is 2.18. The lowest BCUT2D eigenvalue weighted by Crippen LogP contribution is -2.17. The lowest BCUT2D eigenvalue weighted by atomic mass is 10.3. The molecule has 0 aromatic carbocycles. The van der Waals surface area contributed by atoms with E-state index in [0.717, 1.165) is 5.82 Å². The molecule has 0 saturated heterocycles. The van der Waals surface area contributed by atoms with E-state index in [1.165, 1.54) is 0 Å². The van der Waals surface area contributed by atoms with Crippen molar-refractivity contribution in [1.29, 1.82) is 0 Å². The van der Waals surface area contributed by atoms with Gasteiger partial charge in [0.05, 0.1) is 12.3 Å². The number of carbonyl (C=O) groups excluding carboxylic acids is 1. The zero-order valence-electron chi connectivity index (χ0n) is 10.4. The van der Waals surface area contributed by atoms with Crippen LogP contribution in [-0.4, -0.2) is 38.9 Å². The number of anilines is 1. The van der Waals surface area contributed by atoms with Gasteiger partial charge in [0.1, 0.15) is 12.4 Å². The number of pyridine rings is 1. The Bertz CT molecular complexity index is 568. The predicted octanol–water partition coefficient (Wildman–Crippen LogP) is 1.12. The molecule has 0 aliphatic rings. The van der Waals surface area contributed by atoms with E-state index in [4.69, 9.17) is 9.84 Å². The van der Waals surface area contributed by atoms with Gasteiger partial charge in [0.15, 0.2) is 5.82 Å².